The molecule has 1 aromatic carbocycles. The fourth-order valence-corrected chi connectivity index (χ4v) is 1.81. The summed E-state index contributed by atoms with van der Waals surface area (Å²) in [4.78, 5) is 0. The molecule has 0 aliphatic carbocycles. The lowest BCUT2D eigenvalue weighted by molar-refractivity contribution is 0.304. The van der Waals surface area contributed by atoms with Crippen molar-refractivity contribution >= 4 is 0 Å². The number of ether oxygens (including phenoxy) is 1. The van der Waals surface area contributed by atoms with Gasteiger partial charge in [-0.15, -0.1) is 0 Å². The van der Waals surface area contributed by atoms with E-state index in [1.165, 1.54) is 31.2 Å². The van der Waals surface area contributed by atoms with Gasteiger partial charge in [0.2, 0.25) is 0 Å². The van der Waals surface area contributed by atoms with Crippen LogP contribution in [0.5, 0.6) is 5.75 Å². The van der Waals surface area contributed by atoms with E-state index in [0.29, 0.717) is 6.54 Å². The summed E-state index contributed by atoms with van der Waals surface area (Å²) < 4.78 is 5.69. The van der Waals surface area contributed by atoms with E-state index < -0.39 is 0 Å². The molecule has 1 rings (SSSR count). The first kappa shape index (κ1) is 14.0. The minimum absolute atomic E-state index is 0.706. The molecule has 0 spiro atoms. The Morgan fingerprint density at radius 3 is 2.35 bits per heavy atom. The van der Waals surface area contributed by atoms with Crippen LogP contribution in [0.25, 0.3) is 0 Å². The lowest BCUT2D eigenvalue weighted by atomic mass is 10.1. The van der Waals surface area contributed by atoms with Gasteiger partial charge >= 0.3 is 0 Å². The third-order valence-electron chi connectivity index (χ3n) is 2.87. The summed E-state index contributed by atoms with van der Waals surface area (Å²) in [5, 5.41) is 0. The molecule has 2 N–H and O–H groups in total. The molecule has 96 valence electrons. The van der Waals surface area contributed by atoms with E-state index in [1.807, 2.05) is 12.1 Å². The third-order valence-corrected chi connectivity index (χ3v) is 2.87. The molecule has 0 bridgehead atoms. The molecule has 2 heteroatoms. The van der Waals surface area contributed by atoms with Crippen molar-refractivity contribution in [3.8, 4) is 5.75 Å². The van der Waals surface area contributed by atoms with Crippen molar-refractivity contribution in [2.45, 2.75) is 45.4 Å². The van der Waals surface area contributed by atoms with Gasteiger partial charge < -0.3 is 10.5 Å². The van der Waals surface area contributed by atoms with Crippen molar-refractivity contribution in [1.82, 2.24) is 0 Å². The second kappa shape index (κ2) is 9.06. The third kappa shape index (κ3) is 6.32. The van der Waals surface area contributed by atoms with Gasteiger partial charge in [0.25, 0.3) is 0 Å². The summed E-state index contributed by atoms with van der Waals surface area (Å²) in [7, 11) is 0. The first-order chi connectivity index (χ1) is 8.36. The Labute approximate surface area is 105 Å². The van der Waals surface area contributed by atoms with Crippen LogP contribution in [0.3, 0.4) is 0 Å². The molecular weight excluding hydrogens is 210 g/mol. The highest BCUT2D eigenvalue weighted by atomic mass is 16.5. The molecule has 17 heavy (non-hydrogen) atoms. The normalized spacial score (nSPS) is 10.5. The molecule has 0 atom stereocenters. The van der Waals surface area contributed by atoms with Gasteiger partial charge in [-0.3, -0.25) is 0 Å². The second-order valence-corrected chi connectivity index (χ2v) is 4.45. The van der Waals surface area contributed by atoms with Crippen LogP contribution in [-0.4, -0.2) is 13.2 Å². The predicted octanol–water partition coefficient (Wildman–Crippen LogP) is 3.54. The molecule has 0 heterocycles. The lowest BCUT2D eigenvalue weighted by Gasteiger charge is -2.06. The molecule has 0 aromatic heterocycles. The summed E-state index contributed by atoms with van der Waals surface area (Å²) >= 11 is 0. The molecule has 0 saturated heterocycles. The molecule has 1 aromatic rings. The molecule has 0 aliphatic heterocycles. The van der Waals surface area contributed by atoms with Gasteiger partial charge in [-0.05, 0) is 37.1 Å². The van der Waals surface area contributed by atoms with Crippen molar-refractivity contribution in [1.29, 1.82) is 0 Å². The Balaban J connectivity index is 2.14. The molecule has 0 radical (unpaired) electrons. The average Bonchev–Trinajstić information content (AvgIpc) is 2.36. The molecule has 0 fully saturated rings. The van der Waals surface area contributed by atoms with E-state index in [-0.39, 0.29) is 0 Å². The maximum atomic E-state index is 5.69. The molecule has 2 nitrogen and oxygen atoms in total. The topological polar surface area (TPSA) is 35.2 Å². The lowest BCUT2D eigenvalue weighted by Crippen LogP contribution is -2.02. The first-order valence-corrected chi connectivity index (χ1v) is 6.78. The first-order valence-electron chi connectivity index (χ1n) is 6.78. The zero-order valence-electron chi connectivity index (χ0n) is 11.0. The minimum Gasteiger partial charge on any atom is -0.494 e. The van der Waals surface area contributed by atoms with Crippen LogP contribution in [0.4, 0.5) is 0 Å². The Hall–Kier alpha value is -1.02. The number of hydrogen-bond acceptors (Lipinski definition) is 2. The fraction of sp³-hybridized carbons (Fsp3) is 0.600. The molecule has 0 unspecified atom stereocenters. The summed E-state index contributed by atoms with van der Waals surface area (Å²) in [6, 6.07) is 8.27. The second-order valence-electron chi connectivity index (χ2n) is 4.45. The maximum absolute atomic E-state index is 5.69. The molecule has 0 saturated carbocycles. The van der Waals surface area contributed by atoms with Gasteiger partial charge in [0, 0.05) is 0 Å². The average molecular weight is 235 g/mol. The molecular formula is C15H25NO. The summed E-state index contributed by atoms with van der Waals surface area (Å²) in [5.41, 5.74) is 6.79. The van der Waals surface area contributed by atoms with Gasteiger partial charge in [-0.2, -0.15) is 0 Å². The summed E-state index contributed by atoms with van der Waals surface area (Å²) in [6.45, 7) is 3.77. The number of nitrogens with two attached hydrogens (primary N) is 1. The monoisotopic (exact) mass is 235 g/mol. The van der Waals surface area contributed by atoms with E-state index >= 15 is 0 Å². The Morgan fingerprint density at radius 1 is 1.00 bits per heavy atom. The number of benzene rings is 1. The highest BCUT2D eigenvalue weighted by molar-refractivity contribution is 5.27. The van der Waals surface area contributed by atoms with Crippen LogP contribution in [0.15, 0.2) is 24.3 Å². The van der Waals surface area contributed by atoms with E-state index in [2.05, 4.69) is 19.1 Å². The number of hydrogen-bond donors (Lipinski definition) is 1. The SMILES string of the molecule is CCCCCCCOc1ccc(CCN)cc1. The van der Waals surface area contributed by atoms with Gasteiger partial charge in [-0.1, -0.05) is 44.7 Å². The highest BCUT2D eigenvalue weighted by Crippen LogP contribution is 2.13. The Bertz CT molecular complexity index is 281. The summed E-state index contributed by atoms with van der Waals surface area (Å²) in [5.74, 6) is 0.973. The maximum Gasteiger partial charge on any atom is 0.119 e. The van der Waals surface area contributed by atoms with Gasteiger partial charge in [0.05, 0.1) is 6.61 Å². The van der Waals surface area contributed by atoms with Crippen molar-refractivity contribution in [2.75, 3.05) is 13.2 Å². The van der Waals surface area contributed by atoms with Crippen molar-refractivity contribution < 1.29 is 4.74 Å². The molecule has 0 amide bonds. The standard InChI is InChI=1S/C15H25NO/c1-2-3-4-5-6-13-17-15-9-7-14(8-10-15)11-12-16/h7-10H,2-6,11-13,16H2,1H3. The number of rotatable bonds is 9. The highest BCUT2D eigenvalue weighted by Gasteiger charge is 1.95. The van der Waals surface area contributed by atoms with Crippen molar-refractivity contribution in [2.24, 2.45) is 5.73 Å². The van der Waals surface area contributed by atoms with Crippen LogP contribution in [0.2, 0.25) is 0 Å². The Kier molecular flexibility index (Phi) is 7.48. The van der Waals surface area contributed by atoms with Crippen LogP contribution in [0.1, 0.15) is 44.6 Å². The fourth-order valence-electron chi connectivity index (χ4n) is 1.81. The zero-order valence-corrected chi connectivity index (χ0v) is 11.0. The largest absolute Gasteiger partial charge is 0.494 e. The van der Waals surface area contributed by atoms with Crippen molar-refractivity contribution in [3.05, 3.63) is 29.8 Å². The van der Waals surface area contributed by atoms with E-state index in [0.717, 1.165) is 25.2 Å². The number of unbranched alkanes of at least 4 members (excludes halogenated alkanes) is 4. The van der Waals surface area contributed by atoms with E-state index in [4.69, 9.17) is 10.5 Å². The van der Waals surface area contributed by atoms with Gasteiger partial charge in [0.1, 0.15) is 5.75 Å². The van der Waals surface area contributed by atoms with Gasteiger partial charge in [-0.25, -0.2) is 0 Å². The van der Waals surface area contributed by atoms with Crippen LogP contribution in [-0.2, 0) is 6.42 Å². The zero-order chi connectivity index (χ0) is 12.3. The van der Waals surface area contributed by atoms with Crippen molar-refractivity contribution in [3.63, 3.8) is 0 Å². The van der Waals surface area contributed by atoms with E-state index in [1.54, 1.807) is 0 Å². The predicted molar refractivity (Wildman–Crippen MR) is 73.5 cm³/mol. The smallest absolute Gasteiger partial charge is 0.119 e. The van der Waals surface area contributed by atoms with Gasteiger partial charge in [0.15, 0.2) is 0 Å². The minimum atomic E-state index is 0.706. The van der Waals surface area contributed by atoms with Crippen LogP contribution in [0, 0.1) is 0 Å². The van der Waals surface area contributed by atoms with Crippen LogP contribution >= 0.6 is 0 Å². The Morgan fingerprint density at radius 2 is 1.71 bits per heavy atom. The van der Waals surface area contributed by atoms with Crippen LogP contribution < -0.4 is 10.5 Å². The molecule has 0 aliphatic rings. The quantitative estimate of drug-likeness (QED) is 0.664. The summed E-state index contributed by atoms with van der Waals surface area (Å²) in [6.07, 6.45) is 7.34. The van der Waals surface area contributed by atoms with E-state index in [9.17, 15) is 0 Å².